The van der Waals surface area contributed by atoms with Crippen molar-refractivity contribution >= 4 is 11.0 Å². The highest BCUT2D eigenvalue weighted by Gasteiger charge is 2.20. The summed E-state index contributed by atoms with van der Waals surface area (Å²) in [5.41, 5.74) is 5.68. The molecule has 0 aliphatic rings. The van der Waals surface area contributed by atoms with Crippen molar-refractivity contribution < 1.29 is 4.42 Å². The number of rotatable bonds is 3. The molecule has 3 rings (SSSR count). The second-order valence-electron chi connectivity index (χ2n) is 4.17. The molecule has 2 heterocycles. The van der Waals surface area contributed by atoms with Crippen LogP contribution in [0.3, 0.4) is 0 Å². The Bertz CT molecular complexity index is 670. The summed E-state index contributed by atoms with van der Waals surface area (Å²) in [6.45, 7) is 0. The first-order valence-corrected chi connectivity index (χ1v) is 5.71. The number of furan rings is 1. The lowest BCUT2D eigenvalue weighted by Gasteiger charge is -2.15. The predicted molar refractivity (Wildman–Crippen MR) is 68.6 cm³/mol. The Morgan fingerprint density at radius 1 is 1.33 bits per heavy atom. The molecule has 0 saturated carbocycles. The fourth-order valence-corrected chi connectivity index (χ4v) is 2.22. The van der Waals surface area contributed by atoms with Gasteiger partial charge in [0.1, 0.15) is 5.58 Å². The summed E-state index contributed by atoms with van der Waals surface area (Å²) in [6.07, 6.45) is 3.49. The number of aryl methyl sites for hydroxylation is 1. The highest BCUT2D eigenvalue weighted by molar-refractivity contribution is 5.81. The summed E-state index contributed by atoms with van der Waals surface area (Å²) >= 11 is 0. The van der Waals surface area contributed by atoms with Gasteiger partial charge in [0, 0.05) is 24.2 Å². The average Bonchev–Trinajstić information content (AvgIpc) is 2.99. The Kier molecular flexibility index (Phi) is 2.62. The normalized spacial score (nSPS) is 13.0. The third-order valence-electron chi connectivity index (χ3n) is 3.14. The number of benzene rings is 1. The molecule has 0 fully saturated rings. The van der Waals surface area contributed by atoms with Crippen molar-refractivity contribution in [3.8, 4) is 0 Å². The van der Waals surface area contributed by atoms with Gasteiger partial charge in [-0.1, -0.05) is 18.2 Å². The Morgan fingerprint density at radius 2 is 2.17 bits per heavy atom. The Labute approximate surface area is 104 Å². The van der Waals surface area contributed by atoms with E-state index in [1.54, 1.807) is 17.1 Å². The van der Waals surface area contributed by atoms with Crippen molar-refractivity contribution in [2.24, 2.45) is 12.9 Å². The fraction of sp³-hybridized carbons (Fsp3) is 0.154. The molecule has 2 aromatic heterocycles. The molecule has 92 valence electrons. The van der Waals surface area contributed by atoms with Gasteiger partial charge < -0.3 is 4.42 Å². The first kappa shape index (κ1) is 11.0. The van der Waals surface area contributed by atoms with Crippen LogP contribution in [0.4, 0.5) is 0 Å². The number of para-hydroxylation sites is 1. The van der Waals surface area contributed by atoms with Crippen LogP contribution in [-0.2, 0) is 7.05 Å². The van der Waals surface area contributed by atoms with Gasteiger partial charge in [0.2, 0.25) is 0 Å². The van der Waals surface area contributed by atoms with Crippen LogP contribution in [0.25, 0.3) is 11.0 Å². The van der Waals surface area contributed by atoms with Crippen molar-refractivity contribution in [2.75, 3.05) is 0 Å². The number of nitrogens with two attached hydrogens (primary N) is 1. The number of aromatic nitrogens is 2. The van der Waals surface area contributed by atoms with E-state index in [1.807, 2.05) is 37.4 Å². The maximum absolute atomic E-state index is 5.68. The molecule has 5 nitrogen and oxygen atoms in total. The fourth-order valence-electron chi connectivity index (χ4n) is 2.22. The van der Waals surface area contributed by atoms with Gasteiger partial charge in [0.25, 0.3) is 0 Å². The van der Waals surface area contributed by atoms with Gasteiger partial charge in [-0.05, 0) is 12.1 Å². The summed E-state index contributed by atoms with van der Waals surface area (Å²) in [5, 5.41) is 5.22. The third-order valence-corrected chi connectivity index (χ3v) is 3.14. The van der Waals surface area contributed by atoms with Gasteiger partial charge in [0.05, 0.1) is 18.0 Å². The molecule has 3 N–H and O–H groups in total. The largest absolute Gasteiger partial charge is 0.464 e. The summed E-state index contributed by atoms with van der Waals surface area (Å²) in [6, 6.07) is 9.70. The Balaban J connectivity index is 2.15. The first-order valence-electron chi connectivity index (χ1n) is 5.71. The van der Waals surface area contributed by atoms with Crippen LogP contribution >= 0.6 is 0 Å². The molecule has 0 aliphatic carbocycles. The van der Waals surface area contributed by atoms with E-state index in [2.05, 4.69) is 10.5 Å². The van der Waals surface area contributed by atoms with Crippen molar-refractivity contribution in [1.82, 2.24) is 15.2 Å². The van der Waals surface area contributed by atoms with Gasteiger partial charge in [-0.25, -0.2) is 5.43 Å². The van der Waals surface area contributed by atoms with Crippen LogP contribution in [0.5, 0.6) is 0 Å². The number of hydrogen-bond donors (Lipinski definition) is 2. The van der Waals surface area contributed by atoms with Gasteiger partial charge in [-0.3, -0.25) is 10.5 Å². The molecule has 0 bridgehead atoms. The topological polar surface area (TPSA) is 69.0 Å². The average molecular weight is 242 g/mol. The zero-order valence-electron chi connectivity index (χ0n) is 10.00. The standard InChI is InChI=1S/C13H14N4O/c1-17-11(6-7-15-17)13(16-14)10-8-18-12-5-3-2-4-9(10)12/h2-8,13,16H,14H2,1H3. The molecule has 1 aromatic carbocycles. The molecule has 0 saturated heterocycles. The molecule has 1 unspecified atom stereocenters. The van der Waals surface area contributed by atoms with Crippen molar-refractivity contribution in [3.63, 3.8) is 0 Å². The molecule has 18 heavy (non-hydrogen) atoms. The highest BCUT2D eigenvalue weighted by atomic mass is 16.3. The molecular formula is C13H14N4O. The monoisotopic (exact) mass is 242 g/mol. The maximum Gasteiger partial charge on any atom is 0.134 e. The summed E-state index contributed by atoms with van der Waals surface area (Å²) in [7, 11) is 1.89. The molecule has 5 heteroatoms. The van der Waals surface area contributed by atoms with Crippen LogP contribution in [-0.4, -0.2) is 9.78 Å². The molecular weight excluding hydrogens is 228 g/mol. The van der Waals surface area contributed by atoms with E-state index < -0.39 is 0 Å². The number of hydrazine groups is 1. The quantitative estimate of drug-likeness (QED) is 0.542. The van der Waals surface area contributed by atoms with Crippen molar-refractivity contribution in [3.05, 3.63) is 54.0 Å². The zero-order chi connectivity index (χ0) is 12.5. The SMILES string of the molecule is Cn1nccc1C(NN)c1coc2ccccc12. The molecule has 0 amide bonds. The van der Waals surface area contributed by atoms with E-state index in [-0.39, 0.29) is 6.04 Å². The summed E-state index contributed by atoms with van der Waals surface area (Å²) in [4.78, 5) is 0. The minimum atomic E-state index is -0.138. The molecule has 0 aliphatic heterocycles. The number of nitrogens with zero attached hydrogens (tertiary/aromatic N) is 2. The third kappa shape index (κ3) is 1.61. The van der Waals surface area contributed by atoms with Crippen LogP contribution in [0.15, 0.2) is 47.2 Å². The lowest BCUT2D eigenvalue weighted by molar-refractivity contribution is 0.557. The highest BCUT2D eigenvalue weighted by Crippen LogP contribution is 2.29. The summed E-state index contributed by atoms with van der Waals surface area (Å²) < 4.78 is 7.34. The molecule has 1 atom stereocenters. The van der Waals surface area contributed by atoms with Crippen molar-refractivity contribution in [1.29, 1.82) is 0 Å². The molecule has 0 spiro atoms. The van der Waals surface area contributed by atoms with E-state index in [0.29, 0.717) is 0 Å². The van der Waals surface area contributed by atoms with Crippen molar-refractivity contribution in [2.45, 2.75) is 6.04 Å². The lowest BCUT2D eigenvalue weighted by atomic mass is 10.0. The van der Waals surface area contributed by atoms with E-state index >= 15 is 0 Å². The number of nitrogens with one attached hydrogen (secondary N) is 1. The second kappa shape index (κ2) is 4.29. The first-order chi connectivity index (χ1) is 8.81. The Morgan fingerprint density at radius 3 is 2.89 bits per heavy atom. The van der Waals surface area contributed by atoms with Crippen LogP contribution < -0.4 is 11.3 Å². The minimum absolute atomic E-state index is 0.138. The van der Waals surface area contributed by atoms with Gasteiger partial charge >= 0.3 is 0 Å². The van der Waals surface area contributed by atoms with Crippen LogP contribution in [0, 0.1) is 0 Å². The Hall–Kier alpha value is -2.11. The molecule has 3 aromatic rings. The van der Waals surface area contributed by atoms with Gasteiger partial charge in [-0.15, -0.1) is 0 Å². The zero-order valence-corrected chi connectivity index (χ0v) is 10.00. The number of fused-ring (bicyclic) bond motifs is 1. The smallest absolute Gasteiger partial charge is 0.134 e. The number of hydrogen-bond acceptors (Lipinski definition) is 4. The molecule has 0 radical (unpaired) electrons. The van der Waals surface area contributed by atoms with Gasteiger partial charge in [-0.2, -0.15) is 5.10 Å². The van der Waals surface area contributed by atoms with Crippen LogP contribution in [0.2, 0.25) is 0 Å². The van der Waals surface area contributed by atoms with E-state index in [1.165, 1.54) is 0 Å². The second-order valence-corrected chi connectivity index (χ2v) is 4.17. The predicted octanol–water partition coefficient (Wildman–Crippen LogP) is 1.72. The van der Waals surface area contributed by atoms with Gasteiger partial charge in [0.15, 0.2) is 0 Å². The maximum atomic E-state index is 5.68. The lowest BCUT2D eigenvalue weighted by Crippen LogP contribution is -2.30. The summed E-state index contributed by atoms with van der Waals surface area (Å²) in [5.74, 6) is 5.68. The van der Waals surface area contributed by atoms with Crippen LogP contribution in [0.1, 0.15) is 17.3 Å². The minimum Gasteiger partial charge on any atom is -0.464 e. The van der Waals surface area contributed by atoms with E-state index in [0.717, 1.165) is 22.2 Å². The van der Waals surface area contributed by atoms with E-state index in [9.17, 15) is 0 Å². The van der Waals surface area contributed by atoms with E-state index in [4.69, 9.17) is 10.3 Å².